The van der Waals surface area contributed by atoms with Crippen LogP contribution in [0.4, 0.5) is 23.1 Å². The molecule has 1 aromatic heterocycles. The molecule has 1 N–H and O–H groups in total. The number of anilines is 1. The lowest BCUT2D eigenvalue weighted by Gasteiger charge is -2.34. The molecule has 0 bridgehead atoms. The van der Waals surface area contributed by atoms with Gasteiger partial charge in [0, 0.05) is 37.8 Å². The van der Waals surface area contributed by atoms with Crippen molar-refractivity contribution in [2.75, 3.05) is 38.6 Å². The summed E-state index contributed by atoms with van der Waals surface area (Å²) in [6, 6.07) is 18.3. The number of nitrogens with one attached hydrogen (secondary N) is 1. The number of carbonyl (C=O) groups is 2. The molecular formula is C29H25F3N4O3S. The van der Waals surface area contributed by atoms with Gasteiger partial charge in [0.05, 0.1) is 22.9 Å². The number of amides is 3. The molecule has 40 heavy (non-hydrogen) atoms. The number of piperazine rings is 1. The number of ether oxygens (including phenoxy) is 1. The van der Waals surface area contributed by atoms with E-state index in [1.165, 1.54) is 40.5 Å². The second kappa shape index (κ2) is 11.4. The van der Waals surface area contributed by atoms with Gasteiger partial charge in [-0.15, -0.1) is 0 Å². The summed E-state index contributed by atoms with van der Waals surface area (Å²) in [6.07, 6.45) is -2.19. The van der Waals surface area contributed by atoms with E-state index >= 15 is 0 Å². The number of urea groups is 1. The summed E-state index contributed by atoms with van der Waals surface area (Å²) in [6.45, 7) is 1.10. The minimum Gasteiger partial charge on any atom is -0.496 e. The molecule has 1 saturated heterocycles. The second-order valence-corrected chi connectivity index (χ2v) is 10.1. The van der Waals surface area contributed by atoms with Crippen LogP contribution >= 0.6 is 11.3 Å². The fourth-order valence-corrected chi connectivity index (χ4v) is 5.39. The maximum absolute atomic E-state index is 13.2. The third-order valence-corrected chi connectivity index (χ3v) is 7.50. The van der Waals surface area contributed by atoms with Crippen molar-refractivity contribution in [3.63, 3.8) is 0 Å². The van der Waals surface area contributed by atoms with Gasteiger partial charge in [0.15, 0.2) is 5.13 Å². The van der Waals surface area contributed by atoms with Gasteiger partial charge in [-0.05, 0) is 41.5 Å². The molecule has 1 aliphatic rings. The molecule has 1 fully saturated rings. The Kier molecular flexibility index (Phi) is 7.74. The lowest BCUT2D eigenvalue weighted by Crippen LogP contribution is -2.51. The first-order chi connectivity index (χ1) is 19.2. The molecule has 5 rings (SSSR count). The number of thiazole rings is 1. The van der Waals surface area contributed by atoms with E-state index in [9.17, 15) is 22.8 Å². The number of halogens is 3. The summed E-state index contributed by atoms with van der Waals surface area (Å²) < 4.78 is 46.0. The summed E-state index contributed by atoms with van der Waals surface area (Å²) in [5.74, 6) is 0.355. The van der Waals surface area contributed by atoms with Crippen LogP contribution in [0.25, 0.3) is 27.4 Å². The zero-order chi connectivity index (χ0) is 28.3. The zero-order valence-electron chi connectivity index (χ0n) is 21.4. The van der Waals surface area contributed by atoms with Crippen LogP contribution in [0.2, 0.25) is 0 Å². The summed E-state index contributed by atoms with van der Waals surface area (Å²) in [5.41, 5.74) is 1.81. The Bertz CT molecular complexity index is 1580. The summed E-state index contributed by atoms with van der Waals surface area (Å²) >= 11 is 1.36. The highest BCUT2D eigenvalue weighted by molar-refractivity contribution is 7.22. The van der Waals surface area contributed by atoms with E-state index in [0.717, 1.165) is 39.2 Å². The average molecular weight is 567 g/mol. The molecule has 0 aliphatic carbocycles. The third-order valence-electron chi connectivity index (χ3n) is 6.57. The molecule has 7 nitrogen and oxygen atoms in total. The van der Waals surface area contributed by atoms with Crippen LogP contribution < -0.4 is 10.1 Å². The molecule has 0 spiro atoms. The number of methoxy groups -OCH3 is 1. The normalized spacial score (nSPS) is 14.1. The van der Waals surface area contributed by atoms with Crippen LogP contribution in [0, 0.1) is 0 Å². The molecule has 0 atom stereocenters. The van der Waals surface area contributed by atoms with Crippen LogP contribution in [0.5, 0.6) is 5.75 Å². The molecule has 11 heteroatoms. The Labute approximate surface area is 232 Å². The zero-order valence-corrected chi connectivity index (χ0v) is 22.3. The lowest BCUT2D eigenvalue weighted by atomic mass is 10.0. The Morgan fingerprint density at radius 1 is 0.975 bits per heavy atom. The van der Waals surface area contributed by atoms with E-state index < -0.39 is 17.6 Å². The fourth-order valence-electron chi connectivity index (χ4n) is 4.50. The molecule has 0 unspecified atom stereocenters. The maximum Gasteiger partial charge on any atom is 0.416 e. The highest BCUT2D eigenvalue weighted by atomic mass is 32.1. The minimum absolute atomic E-state index is 0.0766. The van der Waals surface area contributed by atoms with Gasteiger partial charge in [0.1, 0.15) is 5.75 Å². The van der Waals surface area contributed by atoms with E-state index in [1.54, 1.807) is 12.0 Å². The molecule has 0 saturated carbocycles. The maximum atomic E-state index is 13.2. The monoisotopic (exact) mass is 566 g/mol. The predicted octanol–water partition coefficient (Wildman–Crippen LogP) is 6.38. The van der Waals surface area contributed by atoms with E-state index in [1.807, 2.05) is 42.5 Å². The molecule has 206 valence electrons. The van der Waals surface area contributed by atoms with E-state index in [0.29, 0.717) is 5.13 Å². The first kappa shape index (κ1) is 27.2. The lowest BCUT2D eigenvalue weighted by molar-refractivity contribution is -0.137. The van der Waals surface area contributed by atoms with Gasteiger partial charge < -0.3 is 14.5 Å². The van der Waals surface area contributed by atoms with Gasteiger partial charge in [-0.2, -0.15) is 13.2 Å². The van der Waals surface area contributed by atoms with Crippen LogP contribution in [-0.4, -0.2) is 60.0 Å². The van der Waals surface area contributed by atoms with Crippen molar-refractivity contribution in [3.8, 4) is 16.9 Å². The number of para-hydroxylation sites is 1. The smallest absolute Gasteiger partial charge is 0.416 e. The van der Waals surface area contributed by atoms with Crippen molar-refractivity contribution in [1.82, 2.24) is 14.8 Å². The van der Waals surface area contributed by atoms with Gasteiger partial charge in [-0.1, -0.05) is 53.8 Å². The van der Waals surface area contributed by atoms with E-state index in [2.05, 4.69) is 10.3 Å². The van der Waals surface area contributed by atoms with Gasteiger partial charge in [0.25, 0.3) is 0 Å². The van der Waals surface area contributed by atoms with Crippen molar-refractivity contribution in [2.45, 2.75) is 6.18 Å². The Balaban J connectivity index is 1.19. The molecule has 1 aliphatic heterocycles. The molecule has 2 heterocycles. The highest BCUT2D eigenvalue weighted by Crippen LogP contribution is 2.35. The minimum atomic E-state index is -4.51. The second-order valence-electron chi connectivity index (χ2n) is 9.06. The Hall–Kier alpha value is -4.38. The van der Waals surface area contributed by atoms with Crippen molar-refractivity contribution in [1.29, 1.82) is 0 Å². The quantitative estimate of drug-likeness (QED) is 0.285. The number of hydrogen-bond acceptors (Lipinski definition) is 5. The number of benzene rings is 3. The third kappa shape index (κ3) is 5.94. The van der Waals surface area contributed by atoms with Crippen LogP contribution in [0.3, 0.4) is 0 Å². The molecule has 3 amide bonds. The van der Waals surface area contributed by atoms with Gasteiger partial charge in [-0.25, -0.2) is 9.78 Å². The predicted molar refractivity (Wildman–Crippen MR) is 149 cm³/mol. The highest BCUT2D eigenvalue weighted by Gasteiger charge is 2.32. The number of fused-ring (bicyclic) bond motifs is 1. The fraction of sp³-hybridized carbons (Fsp3) is 0.207. The number of rotatable bonds is 5. The first-order valence-electron chi connectivity index (χ1n) is 12.5. The van der Waals surface area contributed by atoms with Gasteiger partial charge in [0.2, 0.25) is 5.91 Å². The number of carbonyl (C=O) groups excluding carboxylic acids is 2. The first-order valence-corrected chi connectivity index (χ1v) is 13.3. The van der Waals surface area contributed by atoms with Gasteiger partial charge >= 0.3 is 12.2 Å². The topological polar surface area (TPSA) is 74.8 Å². The molecule has 4 aromatic rings. The number of nitrogens with zero attached hydrogens (tertiary/aromatic N) is 3. The summed E-state index contributed by atoms with van der Waals surface area (Å²) in [4.78, 5) is 33.1. The van der Waals surface area contributed by atoms with Gasteiger partial charge in [-0.3, -0.25) is 10.1 Å². The van der Waals surface area contributed by atoms with E-state index in [-0.39, 0.29) is 37.8 Å². The van der Waals surface area contributed by atoms with Crippen LogP contribution in [0.1, 0.15) is 11.1 Å². The average Bonchev–Trinajstić information content (AvgIpc) is 3.37. The van der Waals surface area contributed by atoms with Crippen molar-refractivity contribution >= 4 is 44.7 Å². The molecular weight excluding hydrogens is 541 g/mol. The van der Waals surface area contributed by atoms with E-state index in [4.69, 9.17) is 4.74 Å². The van der Waals surface area contributed by atoms with Crippen LogP contribution in [0.15, 0.2) is 72.8 Å². The summed E-state index contributed by atoms with van der Waals surface area (Å²) in [7, 11) is 1.63. The number of hydrogen-bond donors (Lipinski definition) is 1. The Morgan fingerprint density at radius 3 is 2.42 bits per heavy atom. The SMILES string of the molecule is COc1ccccc1-c1ccc2nc(NC(=O)N3CCN(C(=O)/C=C/c4ccccc4C(F)(F)F)CC3)sc2c1. The molecule has 3 aromatic carbocycles. The van der Waals surface area contributed by atoms with Crippen molar-refractivity contribution in [2.24, 2.45) is 0 Å². The van der Waals surface area contributed by atoms with Crippen molar-refractivity contribution in [3.05, 3.63) is 83.9 Å². The van der Waals surface area contributed by atoms with Crippen LogP contribution in [-0.2, 0) is 11.0 Å². The Morgan fingerprint density at radius 2 is 1.68 bits per heavy atom. The summed E-state index contributed by atoms with van der Waals surface area (Å²) in [5, 5.41) is 3.30. The number of aromatic nitrogens is 1. The number of alkyl halides is 3. The van der Waals surface area contributed by atoms with Crippen molar-refractivity contribution < 1.29 is 27.5 Å². The largest absolute Gasteiger partial charge is 0.496 e. The molecule has 0 radical (unpaired) electrons. The standard InChI is InChI=1S/C29H25F3N4O3S/c1-39-24-9-5-3-7-21(24)20-10-12-23-25(18-20)40-27(33-23)34-28(38)36-16-14-35(15-17-36)26(37)13-11-19-6-2-4-8-22(19)29(30,31)32/h2-13,18H,14-17H2,1H3,(H,33,34,38)/b13-11+.